The molecule has 6 atom stereocenters. The minimum absolute atomic E-state index is 0.00784. The highest BCUT2D eigenvalue weighted by molar-refractivity contribution is 5.88. The molecule has 2 fully saturated rings. The van der Waals surface area contributed by atoms with E-state index in [2.05, 4.69) is 44.8 Å². The summed E-state index contributed by atoms with van der Waals surface area (Å²) in [4.78, 5) is 25.7. The van der Waals surface area contributed by atoms with Crippen LogP contribution in [0.4, 0.5) is 0 Å². The Morgan fingerprint density at radius 2 is 1.91 bits per heavy atom. The highest BCUT2D eigenvalue weighted by atomic mass is 16.4. The number of amides is 1. The third kappa shape index (κ3) is 4.29. The number of benzene rings is 1. The Kier molecular flexibility index (Phi) is 6.32. The minimum atomic E-state index is -0.975. The van der Waals surface area contributed by atoms with Gasteiger partial charge in [0.2, 0.25) is 5.91 Å². The molecule has 0 aromatic heterocycles. The lowest BCUT2D eigenvalue weighted by Crippen LogP contribution is -2.57. The van der Waals surface area contributed by atoms with Crippen LogP contribution in [-0.4, -0.2) is 23.0 Å². The van der Waals surface area contributed by atoms with Crippen LogP contribution in [0.3, 0.4) is 0 Å². The molecule has 178 valence electrons. The predicted octanol–water partition coefficient (Wildman–Crippen LogP) is 5.93. The highest BCUT2D eigenvalue weighted by Crippen LogP contribution is 2.63. The van der Waals surface area contributed by atoms with Gasteiger partial charge in [-0.05, 0) is 66.8 Å². The Labute approximate surface area is 198 Å². The van der Waals surface area contributed by atoms with Crippen molar-refractivity contribution in [1.29, 1.82) is 0 Å². The van der Waals surface area contributed by atoms with Crippen LogP contribution in [0.25, 0.3) is 0 Å². The van der Waals surface area contributed by atoms with E-state index in [1.165, 1.54) is 0 Å². The number of hydrogen-bond acceptors (Lipinski definition) is 2. The largest absolute Gasteiger partial charge is 0.480 e. The van der Waals surface area contributed by atoms with Crippen molar-refractivity contribution in [2.24, 2.45) is 28.1 Å². The number of carbonyl (C=O) groups is 2. The molecule has 0 saturated heterocycles. The van der Waals surface area contributed by atoms with Crippen molar-refractivity contribution in [1.82, 2.24) is 5.32 Å². The van der Waals surface area contributed by atoms with Crippen LogP contribution >= 0.6 is 0 Å². The molecule has 1 aromatic carbocycles. The maximum atomic E-state index is 13.7. The molecule has 0 radical (unpaired) electrons. The van der Waals surface area contributed by atoms with Crippen molar-refractivity contribution in [3.63, 3.8) is 0 Å². The van der Waals surface area contributed by atoms with Gasteiger partial charge in [0.25, 0.3) is 0 Å². The Balaban J connectivity index is 1.57. The van der Waals surface area contributed by atoms with E-state index in [4.69, 9.17) is 0 Å². The Hall–Kier alpha value is -2.36. The molecule has 2 N–H and O–H groups in total. The van der Waals surface area contributed by atoms with Gasteiger partial charge in [-0.15, -0.1) is 6.58 Å². The normalized spacial score (nSPS) is 36.5. The number of carboxylic acids is 1. The van der Waals surface area contributed by atoms with E-state index in [-0.39, 0.29) is 22.7 Å². The minimum Gasteiger partial charge on any atom is -0.480 e. The summed E-state index contributed by atoms with van der Waals surface area (Å²) >= 11 is 0. The average Bonchev–Trinajstić information content (AvgIpc) is 2.78. The summed E-state index contributed by atoms with van der Waals surface area (Å²) in [6.07, 6.45) is 12.1. The molecule has 4 heteroatoms. The number of hydrogen-bond donors (Lipinski definition) is 2. The van der Waals surface area contributed by atoms with Gasteiger partial charge in [0.1, 0.15) is 6.04 Å². The lowest BCUT2D eigenvalue weighted by molar-refractivity contribution is -0.148. The Morgan fingerprint density at radius 1 is 1.18 bits per heavy atom. The molecular formula is C29H39NO3. The molecule has 4 rings (SSSR count). The molecule has 4 nitrogen and oxygen atoms in total. The van der Waals surface area contributed by atoms with Gasteiger partial charge in [0.15, 0.2) is 0 Å². The van der Waals surface area contributed by atoms with E-state index in [0.29, 0.717) is 12.3 Å². The van der Waals surface area contributed by atoms with Gasteiger partial charge in [-0.3, -0.25) is 4.79 Å². The fourth-order valence-electron chi connectivity index (χ4n) is 7.26. The van der Waals surface area contributed by atoms with Crippen molar-refractivity contribution in [2.45, 2.75) is 78.2 Å². The molecule has 33 heavy (non-hydrogen) atoms. The maximum absolute atomic E-state index is 13.7. The SMILES string of the molecule is C=C[C@]1(C)CC=C2C(CCC3[C@@](C)(C(=O)N[C@@H](Cc4ccccc4)C(=O)O)CCC[C@]23C)C1. The van der Waals surface area contributed by atoms with Crippen LogP contribution in [0.1, 0.15) is 71.3 Å². The second-order valence-corrected chi connectivity index (χ2v) is 11.5. The second kappa shape index (κ2) is 8.77. The van der Waals surface area contributed by atoms with E-state index in [9.17, 15) is 14.7 Å². The zero-order chi connectivity index (χ0) is 23.9. The van der Waals surface area contributed by atoms with E-state index < -0.39 is 17.4 Å². The van der Waals surface area contributed by atoms with Crippen molar-refractivity contribution in [3.05, 3.63) is 60.2 Å². The van der Waals surface area contributed by atoms with E-state index in [0.717, 1.165) is 50.5 Å². The van der Waals surface area contributed by atoms with Crippen LogP contribution in [0.15, 0.2) is 54.6 Å². The lowest BCUT2D eigenvalue weighted by Gasteiger charge is -2.58. The van der Waals surface area contributed by atoms with Gasteiger partial charge in [0.05, 0.1) is 5.41 Å². The zero-order valence-electron chi connectivity index (χ0n) is 20.4. The van der Waals surface area contributed by atoms with Crippen molar-refractivity contribution in [3.8, 4) is 0 Å². The van der Waals surface area contributed by atoms with E-state index in [1.54, 1.807) is 5.57 Å². The highest BCUT2D eigenvalue weighted by Gasteiger charge is 2.57. The number of carboxylic acid groups (broad SMARTS) is 1. The molecular weight excluding hydrogens is 410 g/mol. The summed E-state index contributed by atoms with van der Waals surface area (Å²) in [7, 11) is 0. The van der Waals surface area contributed by atoms with Crippen LogP contribution in [-0.2, 0) is 16.0 Å². The molecule has 0 spiro atoms. The summed E-state index contributed by atoms with van der Waals surface area (Å²) in [5.74, 6) is -0.261. The summed E-state index contributed by atoms with van der Waals surface area (Å²) in [6, 6.07) is 8.62. The predicted molar refractivity (Wildman–Crippen MR) is 132 cm³/mol. The van der Waals surface area contributed by atoms with Gasteiger partial charge in [-0.25, -0.2) is 4.79 Å². The van der Waals surface area contributed by atoms with Gasteiger partial charge in [-0.1, -0.05) is 75.2 Å². The molecule has 3 aliphatic rings. The number of fused-ring (bicyclic) bond motifs is 3. The molecule has 0 bridgehead atoms. The standard InChI is InChI=1S/C29H39NO3/c1-5-27(2)17-14-22-21(19-27)12-13-24-28(22,3)15-9-16-29(24,4)26(33)30-23(25(31)32)18-20-10-7-6-8-11-20/h5-8,10-11,14,21,23-24H,1,9,12-13,15-19H2,2-4H3,(H,30,33)(H,31,32)/t21?,23-,24?,27+,28+,29-/m0/s1. The first kappa shape index (κ1) is 23.8. The maximum Gasteiger partial charge on any atom is 0.326 e. The van der Waals surface area contributed by atoms with Gasteiger partial charge < -0.3 is 10.4 Å². The van der Waals surface area contributed by atoms with Crippen LogP contribution in [0, 0.1) is 28.1 Å². The van der Waals surface area contributed by atoms with Gasteiger partial charge >= 0.3 is 5.97 Å². The first-order valence-corrected chi connectivity index (χ1v) is 12.5. The smallest absolute Gasteiger partial charge is 0.326 e. The Morgan fingerprint density at radius 3 is 2.58 bits per heavy atom. The number of aliphatic carboxylic acids is 1. The van der Waals surface area contributed by atoms with Crippen LogP contribution in [0.2, 0.25) is 0 Å². The Bertz CT molecular complexity index is 953. The van der Waals surface area contributed by atoms with Crippen LogP contribution in [0.5, 0.6) is 0 Å². The van der Waals surface area contributed by atoms with Crippen molar-refractivity contribution < 1.29 is 14.7 Å². The molecule has 0 heterocycles. The van der Waals surface area contributed by atoms with E-state index >= 15 is 0 Å². The number of nitrogens with one attached hydrogen (secondary N) is 1. The number of allylic oxidation sites excluding steroid dienone is 3. The molecule has 0 aliphatic heterocycles. The molecule has 2 unspecified atom stereocenters. The molecule has 2 saturated carbocycles. The third-order valence-corrected chi connectivity index (χ3v) is 9.23. The number of carbonyl (C=O) groups excluding carboxylic acids is 1. The van der Waals surface area contributed by atoms with Crippen LogP contribution < -0.4 is 5.32 Å². The fourth-order valence-corrected chi connectivity index (χ4v) is 7.26. The fraction of sp³-hybridized carbons (Fsp3) is 0.586. The number of rotatable bonds is 6. The first-order chi connectivity index (χ1) is 15.6. The average molecular weight is 450 g/mol. The monoisotopic (exact) mass is 449 g/mol. The summed E-state index contributed by atoms with van der Waals surface area (Å²) < 4.78 is 0. The second-order valence-electron chi connectivity index (χ2n) is 11.5. The zero-order valence-corrected chi connectivity index (χ0v) is 20.4. The third-order valence-electron chi connectivity index (χ3n) is 9.23. The first-order valence-electron chi connectivity index (χ1n) is 12.5. The summed E-state index contributed by atoms with van der Waals surface area (Å²) in [5, 5.41) is 12.8. The van der Waals surface area contributed by atoms with Gasteiger partial charge in [0, 0.05) is 6.42 Å². The van der Waals surface area contributed by atoms with Gasteiger partial charge in [-0.2, -0.15) is 0 Å². The summed E-state index contributed by atoms with van der Waals surface area (Å²) in [6.45, 7) is 10.8. The topological polar surface area (TPSA) is 66.4 Å². The summed E-state index contributed by atoms with van der Waals surface area (Å²) in [5.41, 5.74) is 2.09. The molecule has 1 aromatic rings. The van der Waals surface area contributed by atoms with Crippen molar-refractivity contribution in [2.75, 3.05) is 0 Å². The molecule has 3 aliphatic carbocycles. The quantitative estimate of drug-likeness (QED) is 0.529. The van der Waals surface area contributed by atoms with Crippen molar-refractivity contribution >= 4 is 11.9 Å². The van der Waals surface area contributed by atoms with E-state index in [1.807, 2.05) is 30.3 Å². The molecule has 1 amide bonds. The lowest BCUT2D eigenvalue weighted by atomic mass is 9.46.